The van der Waals surface area contributed by atoms with Crippen LogP contribution in [0.25, 0.3) is 28.8 Å². The number of hydrogen-bond acceptors (Lipinski definition) is 5. The van der Waals surface area contributed by atoms with Crippen LogP contribution in [0.1, 0.15) is 48.5 Å². The summed E-state index contributed by atoms with van der Waals surface area (Å²) in [6.45, 7) is 9.40. The van der Waals surface area contributed by atoms with Gasteiger partial charge < -0.3 is 19.4 Å². The average Bonchev–Trinajstić information content (AvgIpc) is 3.31. The van der Waals surface area contributed by atoms with E-state index in [0.717, 1.165) is 66.7 Å². The van der Waals surface area contributed by atoms with Gasteiger partial charge in [-0.3, -0.25) is 4.79 Å². The number of allylic oxidation sites excluding steroid dienone is 1. The second-order valence-corrected chi connectivity index (χ2v) is 10.2. The molecule has 0 radical (unpaired) electrons. The molecule has 2 atom stereocenters. The standard InChI is InChI=1S/C27H33N7O/c1-4-5-19-13-23(34(24(19)28-2)15-17-6-7-17)26-31-21-12-20(14-30-25(21)32(26)3)27(35)33-11-9-18-8-10-29-22(18)16-33/h4-5,12-14,17-18,22,29H,2,6-11,15-16H2,1,3H3/b5-4-/t18-,22+/m0/s1. The van der Waals surface area contributed by atoms with Gasteiger partial charge in [0.2, 0.25) is 0 Å². The zero-order valence-corrected chi connectivity index (χ0v) is 20.6. The Morgan fingerprint density at radius 1 is 1.29 bits per heavy atom. The Hall–Kier alpha value is -3.26. The molecule has 8 nitrogen and oxygen atoms in total. The van der Waals surface area contributed by atoms with Gasteiger partial charge in [-0.25, -0.2) is 15.0 Å². The first-order valence-corrected chi connectivity index (χ1v) is 12.8. The molecule has 0 aromatic carbocycles. The molecule has 3 aromatic heterocycles. The zero-order chi connectivity index (χ0) is 24.1. The monoisotopic (exact) mass is 471 g/mol. The van der Waals surface area contributed by atoms with E-state index in [9.17, 15) is 4.79 Å². The first kappa shape index (κ1) is 22.2. The lowest BCUT2D eigenvalue weighted by molar-refractivity contribution is 0.0669. The van der Waals surface area contributed by atoms with Crippen molar-refractivity contribution >= 4 is 35.7 Å². The van der Waals surface area contributed by atoms with E-state index in [1.165, 1.54) is 19.3 Å². The van der Waals surface area contributed by atoms with Crippen LogP contribution in [-0.4, -0.2) is 62.3 Å². The fraction of sp³-hybridized carbons (Fsp3) is 0.481. The van der Waals surface area contributed by atoms with Crippen LogP contribution in [0.5, 0.6) is 0 Å². The number of piperidine rings is 1. The average molecular weight is 472 g/mol. The molecular weight excluding hydrogens is 438 g/mol. The third kappa shape index (κ3) is 3.89. The Kier molecular flexibility index (Phi) is 5.56. The minimum atomic E-state index is 0.0457. The molecule has 2 saturated heterocycles. The predicted octanol–water partition coefficient (Wildman–Crippen LogP) is 4.04. The Morgan fingerprint density at radius 3 is 2.91 bits per heavy atom. The maximum absolute atomic E-state index is 13.3. The molecule has 0 unspecified atom stereocenters. The second kappa shape index (κ2) is 8.75. The summed E-state index contributed by atoms with van der Waals surface area (Å²) in [4.78, 5) is 29.3. The topological polar surface area (TPSA) is 80.3 Å². The number of likely N-dealkylation sites (tertiary alicyclic amines) is 1. The van der Waals surface area contributed by atoms with Crippen molar-refractivity contribution in [2.45, 2.75) is 45.2 Å². The number of nitrogens with zero attached hydrogens (tertiary/aromatic N) is 6. The van der Waals surface area contributed by atoms with Gasteiger partial charge in [0.15, 0.2) is 11.5 Å². The highest BCUT2D eigenvalue weighted by atomic mass is 16.2. The van der Waals surface area contributed by atoms with Gasteiger partial charge in [-0.15, -0.1) is 0 Å². The maximum Gasteiger partial charge on any atom is 0.255 e. The third-order valence-corrected chi connectivity index (χ3v) is 7.88. The Labute approximate surface area is 205 Å². The number of aromatic nitrogens is 4. The van der Waals surface area contributed by atoms with Crippen molar-refractivity contribution in [2.75, 3.05) is 19.6 Å². The Bertz CT molecular complexity index is 1330. The van der Waals surface area contributed by atoms with Gasteiger partial charge in [0, 0.05) is 44.5 Å². The van der Waals surface area contributed by atoms with Crippen molar-refractivity contribution in [3.8, 4) is 11.5 Å². The van der Waals surface area contributed by atoms with Crippen LogP contribution in [0.15, 0.2) is 29.4 Å². The van der Waals surface area contributed by atoms with Crippen LogP contribution in [0.3, 0.4) is 0 Å². The molecule has 1 N–H and O–H groups in total. The highest BCUT2D eigenvalue weighted by Crippen LogP contribution is 2.38. The minimum Gasteiger partial charge on any atom is -0.337 e. The van der Waals surface area contributed by atoms with Gasteiger partial charge in [0.1, 0.15) is 11.3 Å². The lowest BCUT2D eigenvalue weighted by Crippen LogP contribution is -2.48. The molecule has 1 saturated carbocycles. The van der Waals surface area contributed by atoms with Crippen molar-refractivity contribution in [2.24, 2.45) is 23.9 Å². The number of hydrogen-bond donors (Lipinski definition) is 1. The van der Waals surface area contributed by atoms with E-state index in [4.69, 9.17) is 4.98 Å². The van der Waals surface area contributed by atoms with Gasteiger partial charge in [0.05, 0.1) is 11.3 Å². The molecule has 3 aliphatic rings. The highest BCUT2D eigenvalue weighted by molar-refractivity contribution is 5.97. The predicted molar refractivity (Wildman–Crippen MR) is 139 cm³/mol. The van der Waals surface area contributed by atoms with Crippen molar-refractivity contribution in [1.29, 1.82) is 0 Å². The summed E-state index contributed by atoms with van der Waals surface area (Å²) < 4.78 is 4.26. The summed E-state index contributed by atoms with van der Waals surface area (Å²) in [6.07, 6.45) is 10.6. The molecule has 3 aromatic rings. The molecule has 6 rings (SSSR count). The van der Waals surface area contributed by atoms with Crippen LogP contribution in [-0.2, 0) is 13.6 Å². The summed E-state index contributed by atoms with van der Waals surface area (Å²) in [5.41, 5.74) is 4.16. The van der Waals surface area contributed by atoms with E-state index < -0.39 is 0 Å². The summed E-state index contributed by atoms with van der Waals surface area (Å²) in [7, 11) is 1.99. The Morgan fingerprint density at radius 2 is 2.14 bits per heavy atom. The first-order valence-electron chi connectivity index (χ1n) is 12.8. The minimum absolute atomic E-state index is 0.0457. The first-order chi connectivity index (χ1) is 17.1. The summed E-state index contributed by atoms with van der Waals surface area (Å²) in [5, 5.41) is 3.55. The number of aliphatic imine (C=N–C) groups is 1. The van der Waals surface area contributed by atoms with Crippen LogP contribution < -0.4 is 5.32 Å². The van der Waals surface area contributed by atoms with E-state index in [0.29, 0.717) is 23.4 Å². The normalized spacial score (nSPS) is 22.3. The molecule has 1 aliphatic carbocycles. The molecule has 5 heterocycles. The van der Waals surface area contributed by atoms with Crippen molar-refractivity contribution in [1.82, 2.24) is 29.3 Å². The van der Waals surface area contributed by atoms with Gasteiger partial charge >= 0.3 is 0 Å². The van der Waals surface area contributed by atoms with Gasteiger partial charge in [-0.05, 0) is 69.8 Å². The zero-order valence-electron chi connectivity index (χ0n) is 20.6. The fourth-order valence-electron chi connectivity index (χ4n) is 5.79. The van der Waals surface area contributed by atoms with E-state index >= 15 is 0 Å². The van der Waals surface area contributed by atoms with E-state index in [-0.39, 0.29) is 5.91 Å². The fourth-order valence-corrected chi connectivity index (χ4v) is 5.79. The SMILES string of the molecule is C=Nc1c(/C=C\C)cc(-c2nc3cc(C(=O)N4CC[C@@H]5CCN[C@@H]5C4)cnc3n2C)n1CC1CC1. The summed E-state index contributed by atoms with van der Waals surface area (Å²) >= 11 is 0. The number of aryl methyl sites for hydroxylation is 1. The van der Waals surface area contributed by atoms with Crippen LogP contribution in [0, 0.1) is 11.8 Å². The molecular formula is C27H33N7O. The van der Waals surface area contributed by atoms with E-state index in [2.05, 4.69) is 38.7 Å². The number of carbonyl (C=O) groups is 1. The molecule has 1 amide bonds. The number of amides is 1. The highest BCUT2D eigenvalue weighted by Gasteiger charge is 2.35. The molecule has 0 spiro atoms. The maximum atomic E-state index is 13.3. The summed E-state index contributed by atoms with van der Waals surface area (Å²) in [5.74, 6) is 3.13. The molecule has 8 heteroatoms. The second-order valence-electron chi connectivity index (χ2n) is 10.2. The van der Waals surface area contributed by atoms with Crippen LogP contribution >= 0.6 is 0 Å². The molecule has 2 aliphatic heterocycles. The molecule has 35 heavy (non-hydrogen) atoms. The number of pyridine rings is 1. The number of imidazole rings is 1. The number of fused-ring (bicyclic) bond motifs is 2. The van der Waals surface area contributed by atoms with Gasteiger partial charge in [-0.1, -0.05) is 12.2 Å². The number of carbonyl (C=O) groups excluding carboxylic acids is 1. The smallest absolute Gasteiger partial charge is 0.255 e. The van der Waals surface area contributed by atoms with E-state index in [1.807, 2.05) is 35.6 Å². The van der Waals surface area contributed by atoms with Gasteiger partial charge in [-0.2, -0.15) is 0 Å². The number of nitrogens with one attached hydrogen (secondary N) is 1. The molecule has 0 bridgehead atoms. The lowest BCUT2D eigenvalue weighted by Gasteiger charge is -2.34. The number of rotatable bonds is 6. The van der Waals surface area contributed by atoms with Crippen LogP contribution in [0.2, 0.25) is 0 Å². The van der Waals surface area contributed by atoms with Crippen LogP contribution in [0.4, 0.5) is 5.82 Å². The third-order valence-electron chi connectivity index (χ3n) is 7.88. The lowest BCUT2D eigenvalue weighted by atomic mass is 9.92. The van der Waals surface area contributed by atoms with Crippen molar-refractivity contribution in [3.05, 3.63) is 35.5 Å². The molecule has 182 valence electrons. The quantitative estimate of drug-likeness (QED) is 0.551. The van der Waals surface area contributed by atoms with Crippen molar-refractivity contribution < 1.29 is 4.79 Å². The van der Waals surface area contributed by atoms with E-state index in [1.54, 1.807) is 6.20 Å². The van der Waals surface area contributed by atoms with Crippen molar-refractivity contribution in [3.63, 3.8) is 0 Å². The molecule has 3 fully saturated rings. The summed E-state index contributed by atoms with van der Waals surface area (Å²) in [6, 6.07) is 4.46. The Balaban J connectivity index is 1.36. The van der Waals surface area contributed by atoms with Gasteiger partial charge in [0.25, 0.3) is 5.91 Å². The largest absolute Gasteiger partial charge is 0.337 e.